The van der Waals surface area contributed by atoms with Crippen molar-refractivity contribution in [2.75, 3.05) is 19.6 Å². The minimum atomic E-state index is -0.585. The summed E-state index contributed by atoms with van der Waals surface area (Å²) in [5, 5.41) is 2.33. The molecule has 3 amide bonds. The third-order valence-electron chi connectivity index (χ3n) is 6.20. The van der Waals surface area contributed by atoms with Crippen molar-refractivity contribution in [2.45, 2.75) is 51.8 Å². The highest BCUT2D eigenvalue weighted by Gasteiger charge is 2.39. The predicted molar refractivity (Wildman–Crippen MR) is 103 cm³/mol. The molecule has 1 aromatic carbocycles. The van der Waals surface area contributed by atoms with Crippen LogP contribution >= 0.6 is 0 Å². The van der Waals surface area contributed by atoms with E-state index in [9.17, 15) is 14.4 Å². The highest BCUT2D eigenvalue weighted by molar-refractivity contribution is 6.05. The minimum Gasteiger partial charge on any atom is -0.489 e. The average Bonchev–Trinajstić information content (AvgIpc) is 2.99. The Kier molecular flexibility index (Phi) is 5.10. The quantitative estimate of drug-likeness (QED) is 0.796. The van der Waals surface area contributed by atoms with Crippen LogP contribution in [-0.2, 0) is 16.1 Å². The number of carbonyl (C=O) groups excluding carboxylic acids is 3. The van der Waals surface area contributed by atoms with Crippen LogP contribution in [0.15, 0.2) is 18.2 Å². The number of rotatable bonds is 4. The molecule has 0 radical (unpaired) electrons. The van der Waals surface area contributed by atoms with Crippen molar-refractivity contribution in [1.82, 2.24) is 15.1 Å². The van der Waals surface area contributed by atoms with Gasteiger partial charge in [0.1, 0.15) is 17.9 Å². The second kappa shape index (κ2) is 7.54. The first-order chi connectivity index (χ1) is 13.5. The highest BCUT2D eigenvalue weighted by Crippen LogP contribution is 2.31. The zero-order valence-corrected chi connectivity index (χ0v) is 16.4. The molecule has 7 heteroatoms. The first-order valence-corrected chi connectivity index (χ1v) is 10.1. The van der Waals surface area contributed by atoms with Gasteiger partial charge in [-0.05, 0) is 55.6 Å². The molecule has 0 unspecified atom stereocenters. The molecular weight excluding hydrogens is 358 g/mol. The molecule has 2 fully saturated rings. The number of carbonyl (C=O) groups is 3. The van der Waals surface area contributed by atoms with Gasteiger partial charge in [-0.15, -0.1) is 0 Å². The van der Waals surface area contributed by atoms with Crippen LogP contribution < -0.4 is 10.1 Å². The highest BCUT2D eigenvalue weighted by atomic mass is 16.5. The van der Waals surface area contributed by atoms with Crippen molar-refractivity contribution >= 4 is 17.7 Å². The SMILES string of the molecule is CCN1CC[C@@H](C)[C@@H](Oc2ccc3c(c2)CN([C@H]2CCC(=O)NC2=O)C3=O)C1. The van der Waals surface area contributed by atoms with E-state index in [0.29, 0.717) is 24.4 Å². The van der Waals surface area contributed by atoms with Gasteiger partial charge in [-0.25, -0.2) is 0 Å². The van der Waals surface area contributed by atoms with E-state index in [1.807, 2.05) is 12.1 Å². The number of piperidine rings is 2. The molecule has 150 valence electrons. The van der Waals surface area contributed by atoms with Crippen LogP contribution in [0.1, 0.15) is 49.0 Å². The van der Waals surface area contributed by atoms with Crippen LogP contribution in [-0.4, -0.2) is 59.3 Å². The lowest BCUT2D eigenvalue weighted by Gasteiger charge is -2.36. The fourth-order valence-electron chi connectivity index (χ4n) is 4.34. The van der Waals surface area contributed by atoms with Gasteiger partial charge in [0.2, 0.25) is 11.8 Å². The summed E-state index contributed by atoms with van der Waals surface area (Å²) in [6.45, 7) is 7.80. The van der Waals surface area contributed by atoms with Crippen LogP contribution in [0.5, 0.6) is 5.75 Å². The van der Waals surface area contributed by atoms with Crippen LogP contribution in [0.25, 0.3) is 0 Å². The Hall–Kier alpha value is -2.41. The fourth-order valence-corrected chi connectivity index (χ4v) is 4.34. The summed E-state index contributed by atoms with van der Waals surface area (Å²) in [6, 6.07) is 4.99. The molecule has 0 aromatic heterocycles. The van der Waals surface area contributed by atoms with Gasteiger partial charge in [-0.3, -0.25) is 24.6 Å². The number of ether oxygens (including phenoxy) is 1. The topological polar surface area (TPSA) is 79.0 Å². The summed E-state index contributed by atoms with van der Waals surface area (Å²) in [6.07, 6.45) is 1.89. The van der Waals surface area contributed by atoms with Gasteiger partial charge in [-0.2, -0.15) is 0 Å². The lowest BCUT2D eigenvalue weighted by atomic mass is 9.96. The summed E-state index contributed by atoms with van der Waals surface area (Å²) in [4.78, 5) is 40.3. The van der Waals surface area contributed by atoms with E-state index < -0.39 is 6.04 Å². The molecule has 3 atom stereocenters. The summed E-state index contributed by atoms with van der Waals surface area (Å²) < 4.78 is 6.28. The van der Waals surface area contributed by atoms with Gasteiger partial charge in [0.05, 0.1) is 0 Å². The first-order valence-electron chi connectivity index (χ1n) is 10.1. The second-order valence-corrected chi connectivity index (χ2v) is 8.03. The minimum absolute atomic E-state index is 0.134. The Balaban J connectivity index is 1.48. The Morgan fingerprint density at radius 3 is 2.79 bits per heavy atom. The number of imide groups is 1. The van der Waals surface area contributed by atoms with Crippen molar-refractivity contribution in [3.8, 4) is 5.75 Å². The zero-order valence-electron chi connectivity index (χ0n) is 16.4. The van der Waals surface area contributed by atoms with Gasteiger partial charge < -0.3 is 9.64 Å². The van der Waals surface area contributed by atoms with Gasteiger partial charge in [0.25, 0.3) is 5.91 Å². The number of amides is 3. The number of fused-ring (bicyclic) bond motifs is 1. The van der Waals surface area contributed by atoms with E-state index in [1.165, 1.54) is 0 Å². The van der Waals surface area contributed by atoms with Crippen LogP contribution in [0.2, 0.25) is 0 Å². The van der Waals surface area contributed by atoms with Crippen LogP contribution in [0.4, 0.5) is 0 Å². The molecule has 0 spiro atoms. The maximum atomic E-state index is 12.8. The monoisotopic (exact) mass is 385 g/mol. The predicted octanol–water partition coefficient (Wildman–Crippen LogP) is 1.56. The van der Waals surface area contributed by atoms with Crippen molar-refractivity contribution in [3.05, 3.63) is 29.3 Å². The summed E-state index contributed by atoms with van der Waals surface area (Å²) in [5.74, 6) is 0.441. The van der Waals surface area contributed by atoms with E-state index in [0.717, 1.165) is 37.4 Å². The molecule has 7 nitrogen and oxygen atoms in total. The molecule has 0 saturated carbocycles. The number of hydrogen-bond donors (Lipinski definition) is 1. The molecular formula is C21H27N3O4. The number of nitrogens with one attached hydrogen (secondary N) is 1. The molecule has 1 N–H and O–H groups in total. The standard InChI is InChI=1S/C21H27N3O4/c1-3-23-9-8-13(2)18(12-23)28-15-4-5-16-14(10-15)11-24(21(16)27)17-6-7-19(25)22-20(17)26/h4-5,10,13,17-18H,3,6-9,11-12H2,1-2H3,(H,22,25,26)/t13-,17+,18+/m1/s1. The number of nitrogens with zero attached hydrogens (tertiary/aromatic N) is 2. The Labute approximate surface area is 165 Å². The number of benzene rings is 1. The molecule has 3 aliphatic rings. The third kappa shape index (κ3) is 3.51. The third-order valence-corrected chi connectivity index (χ3v) is 6.20. The largest absolute Gasteiger partial charge is 0.489 e. The average molecular weight is 385 g/mol. The summed E-state index contributed by atoms with van der Waals surface area (Å²) >= 11 is 0. The Bertz CT molecular complexity index is 809. The molecule has 0 bridgehead atoms. The smallest absolute Gasteiger partial charge is 0.255 e. The van der Waals surface area contributed by atoms with E-state index in [4.69, 9.17) is 4.74 Å². The molecule has 1 aromatic rings. The van der Waals surface area contributed by atoms with E-state index in [1.54, 1.807) is 11.0 Å². The number of likely N-dealkylation sites (tertiary alicyclic amines) is 1. The van der Waals surface area contributed by atoms with Crippen LogP contribution in [0, 0.1) is 5.92 Å². The Morgan fingerprint density at radius 2 is 2.04 bits per heavy atom. The van der Waals surface area contributed by atoms with E-state index >= 15 is 0 Å². The second-order valence-electron chi connectivity index (χ2n) is 8.03. The molecule has 28 heavy (non-hydrogen) atoms. The maximum Gasteiger partial charge on any atom is 0.255 e. The van der Waals surface area contributed by atoms with Crippen molar-refractivity contribution < 1.29 is 19.1 Å². The van der Waals surface area contributed by atoms with Crippen molar-refractivity contribution in [3.63, 3.8) is 0 Å². The van der Waals surface area contributed by atoms with Gasteiger partial charge in [-0.1, -0.05) is 13.8 Å². The maximum absolute atomic E-state index is 12.8. The molecule has 2 saturated heterocycles. The molecule has 0 aliphatic carbocycles. The van der Waals surface area contributed by atoms with Crippen molar-refractivity contribution in [1.29, 1.82) is 0 Å². The van der Waals surface area contributed by atoms with Crippen molar-refractivity contribution in [2.24, 2.45) is 5.92 Å². The van der Waals surface area contributed by atoms with Crippen LogP contribution in [0.3, 0.4) is 0 Å². The zero-order chi connectivity index (χ0) is 19.8. The molecule has 3 heterocycles. The van der Waals surface area contributed by atoms with Gasteiger partial charge in [0.15, 0.2) is 0 Å². The van der Waals surface area contributed by atoms with E-state index in [2.05, 4.69) is 24.1 Å². The van der Waals surface area contributed by atoms with E-state index in [-0.39, 0.29) is 30.2 Å². The molecule has 3 aliphatic heterocycles. The lowest BCUT2D eigenvalue weighted by Crippen LogP contribution is -2.52. The molecule has 4 rings (SSSR count). The lowest BCUT2D eigenvalue weighted by molar-refractivity contribution is -0.136. The van der Waals surface area contributed by atoms with Gasteiger partial charge in [0, 0.05) is 25.1 Å². The number of hydrogen-bond acceptors (Lipinski definition) is 5. The summed E-state index contributed by atoms with van der Waals surface area (Å²) in [7, 11) is 0. The normalized spacial score (nSPS) is 28.3. The summed E-state index contributed by atoms with van der Waals surface area (Å²) in [5.41, 5.74) is 1.49. The van der Waals surface area contributed by atoms with Gasteiger partial charge >= 0.3 is 0 Å². The first kappa shape index (κ1) is 18.9. The Morgan fingerprint density at radius 1 is 1.21 bits per heavy atom. The number of likely N-dealkylation sites (N-methyl/N-ethyl adjacent to an activating group) is 1. The fraction of sp³-hybridized carbons (Fsp3) is 0.571.